The van der Waals surface area contributed by atoms with E-state index in [0.29, 0.717) is 6.61 Å². The minimum Gasteiger partial charge on any atom is -0.376 e. The van der Waals surface area contributed by atoms with E-state index in [1.165, 1.54) is 0 Å². The smallest absolute Gasteiger partial charge is 0.105 e. The van der Waals surface area contributed by atoms with E-state index in [1.54, 1.807) is 7.11 Å². The molecule has 0 saturated heterocycles. The highest BCUT2D eigenvalue weighted by atomic mass is 32.1. The van der Waals surface area contributed by atoms with Crippen molar-refractivity contribution in [3.8, 4) is 0 Å². The van der Waals surface area contributed by atoms with Crippen molar-refractivity contribution < 1.29 is 9.47 Å². The fraction of sp³-hybridized carbons (Fsp3) is 1.00. The van der Waals surface area contributed by atoms with Crippen LogP contribution in [0.5, 0.6) is 0 Å². The van der Waals surface area contributed by atoms with Crippen LogP contribution in [-0.2, 0) is 9.47 Å². The summed E-state index contributed by atoms with van der Waals surface area (Å²) in [5.41, 5.74) is -0.181. The monoisotopic (exact) mass is 192 g/mol. The van der Waals surface area contributed by atoms with Gasteiger partial charge in [0.25, 0.3) is 0 Å². The van der Waals surface area contributed by atoms with E-state index in [9.17, 15) is 0 Å². The largest absolute Gasteiger partial charge is 0.376 e. The van der Waals surface area contributed by atoms with Crippen molar-refractivity contribution in [2.75, 3.05) is 13.7 Å². The van der Waals surface area contributed by atoms with E-state index in [1.807, 2.05) is 20.8 Å². The van der Waals surface area contributed by atoms with Gasteiger partial charge in [0.05, 0.1) is 12.2 Å². The van der Waals surface area contributed by atoms with Gasteiger partial charge in [0.2, 0.25) is 0 Å². The first-order chi connectivity index (χ1) is 5.33. The van der Waals surface area contributed by atoms with Gasteiger partial charge in [0, 0.05) is 7.11 Å². The summed E-state index contributed by atoms with van der Waals surface area (Å²) in [6, 6.07) is 0. The van der Waals surface area contributed by atoms with Gasteiger partial charge in [-0.2, -0.15) is 0 Å². The molecule has 1 atom stereocenters. The first-order valence-electron chi connectivity index (χ1n) is 4.24. The van der Waals surface area contributed by atoms with Gasteiger partial charge >= 0.3 is 0 Å². The molecule has 0 spiro atoms. The van der Waals surface area contributed by atoms with E-state index < -0.39 is 0 Å². The quantitative estimate of drug-likeness (QED) is 0.533. The van der Waals surface area contributed by atoms with Gasteiger partial charge < -0.3 is 9.47 Å². The molecular weight excluding hydrogens is 172 g/mol. The van der Waals surface area contributed by atoms with E-state index in [0.717, 1.165) is 6.42 Å². The van der Waals surface area contributed by atoms with Crippen molar-refractivity contribution in [1.29, 1.82) is 0 Å². The number of hydrogen-bond acceptors (Lipinski definition) is 3. The van der Waals surface area contributed by atoms with Gasteiger partial charge in [0.1, 0.15) is 4.93 Å². The van der Waals surface area contributed by atoms with Gasteiger partial charge in [-0.25, -0.2) is 0 Å². The molecule has 0 bridgehead atoms. The lowest BCUT2D eigenvalue weighted by atomic mass is 10.1. The Balaban J connectivity index is 3.89. The third-order valence-corrected chi connectivity index (χ3v) is 2.10. The first kappa shape index (κ1) is 12.3. The van der Waals surface area contributed by atoms with Crippen LogP contribution >= 0.6 is 12.6 Å². The first-order valence-corrected chi connectivity index (χ1v) is 4.69. The SMILES string of the molecule is CCC(C)(COC(C)(C)S)OC. The molecule has 12 heavy (non-hydrogen) atoms. The van der Waals surface area contributed by atoms with Gasteiger partial charge in [-0.15, -0.1) is 12.6 Å². The van der Waals surface area contributed by atoms with Crippen molar-refractivity contribution >= 4 is 12.6 Å². The average Bonchev–Trinajstić information content (AvgIpc) is 1.99. The molecule has 74 valence electrons. The molecule has 0 radical (unpaired) electrons. The number of ether oxygens (including phenoxy) is 2. The highest BCUT2D eigenvalue weighted by molar-refractivity contribution is 7.81. The number of rotatable bonds is 5. The molecule has 0 rings (SSSR count). The third-order valence-electron chi connectivity index (χ3n) is 1.97. The fourth-order valence-electron chi connectivity index (χ4n) is 0.635. The lowest BCUT2D eigenvalue weighted by Crippen LogP contribution is -2.35. The van der Waals surface area contributed by atoms with Crippen molar-refractivity contribution in [3.63, 3.8) is 0 Å². The highest BCUT2D eigenvalue weighted by Gasteiger charge is 2.24. The lowest BCUT2D eigenvalue weighted by molar-refractivity contribution is -0.0878. The van der Waals surface area contributed by atoms with Crippen LogP contribution in [0.2, 0.25) is 0 Å². The van der Waals surface area contributed by atoms with Crippen molar-refractivity contribution in [2.24, 2.45) is 0 Å². The Kier molecular flexibility index (Phi) is 4.59. The Labute approximate surface area is 81.0 Å². The van der Waals surface area contributed by atoms with Crippen LogP contribution in [0.15, 0.2) is 0 Å². The maximum atomic E-state index is 5.52. The standard InChI is InChI=1S/C9H20O2S/c1-6-9(4,10-5)7-11-8(2,3)12/h12H,6-7H2,1-5H3. The molecule has 0 aliphatic carbocycles. The third kappa shape index (κ3) is 5.01. The van der Waals surface area contributed by atoms with Gasteiger partial charge in [-0.1, -0.05) is 6.92 Å². The normalized spacial score (nSPS) is 17.5. The summed E-state index contributed by atoms with van der Waals surface area (Å²) in [4.78, 5) is -0.380. The zero-order valence-electron chi connectivity index (χ0n) is 8.68. The van der Waals surface area contributed by atoms with Crippen molar-refractivity contribution in [3.05, 3.63) is 0 Å². The molecule has 0 heterocycles. The lowest BCUT2D eigenvalue weighted by Gasteiger charge is -2.30. The second-order valence-electron chi connectivity index (χ2n) is 3.74. The van der Waals surface area contributed by atoms with E-state index >= 15 is 0 Å². The zero-order valence-corrected chi connectivity index (χ0v) is 9.57. The Morgan fingerprint density at radius 2 is 1.75 bits per heavy atom. The fourth-order valence-corrected chi connectivity index (χ4v) is 0.699. The zero-order chi connectivity index (χ0) is 9.83. The minimum atomic E-state index is -0.380. The molecule has 0 aliphatic rings. The maximum Gasteiger partial charge on any atom is 0.105 e. The van der Waals surface area contributed by atoms with Crippen molar-refractivity contribution in [1.82, 2.24) is 0 Å². The minimum absolute atomic E-state index is 0.181. The molecule has 0 N–H and O–H groups in total. The number of thiol groups is 1. The Bertz CT molecular complexity index is 125. The second-order valence-corrected chi connectivity index (χ2v) is 4.82. The molecule has 1 unspecified atom stereocenters. The Morgan fingerprint density at radius 1 is 1.25 bits per heavy atom. The van der Waals surface area contributed by atoms with Crippen LogP contribution in [-0.4, -0.2) is 24.3 Å². The molecule has 0 aliphatic heterocycles. The predicted molar refractivity (Wildman–Crippen MR) is 54.7 cm³/mol. The summed E-state index contributed by atoms with van der Waals surface area (Å²) in [5, 5.41) is 0. The highest BCUT2D eigenvalue weighted by Crippen LogP contribution is 2.20. The van der Waals surface area contributed by atoms with Gasteiger partial charge in [-0.3, -0.25) is 0 Å². The van der Waals surface area contributed by atoms with E-state index in [4.69, 9.17) is 9.47 Å². The predicted octanol–water partition coefficient (Wildman–Crippen LogP) is 2.48. The molecule has 0 aromatic carbocycles. The van der Waals surface area contributed by atoms with Crippen LogP contribution < -0.4 is 0 Å². The summed E-state index contributed by atoms with van der Waals surface area (Å²) in [5.74, 6) is 0. The summed E-state index contributed by atoms with van der Waals surface area (Å²) in [6.45, 7) is 8.53. The molecule has 0 aromatic rings. The molecular formula is C9H20O2S. The summed E-state index contributed by atoms with van der Waals surface area (Å²) in [6.07, 6.45) is 0.938. The van der Waals surface area contributed by atoms with E-state index in [2.05, 4.69) is 19.6 Å². The Hall–Kier alpha value is 0.270. The van der Waals surface area contributed by atoms with Gasteiger partial charge in [0.15, 0.2) is 0 Å². The summed E-state index contributed by atoms with van der Waals surface area (Å²) < 4.78 is 10.8. The summed E-state index contributed by atoms with van der Waals surface area (Å²) in [7, 11) is 1.71. The second kappa shape index (κ2) is 4.49. The number of hydrogen-bond donors (Lipinski definition) is 1. The topological polar surface area (TPSA) is 18.5 Å². The molecule has 0 fully saturated rings. The molecule has 0 amide bonds. The Morgan fingerprint density at radius 3 is 2.00 bits per heavy atom. The van der Waals surface area contributed by atoms with E-state index in [-0.39, 0.29) is 10.5 Å². The molecule has 3 heteroatoms. The van der Waals surface area contributed by atoms with Crippen LogP contribution in [0.25, 0.3) is 0 Å². The molecule has 2 nitrogen and oxygen atoms in total. The van der Waals surface area contributed by atoms with Crippen LogP contribution in [0.1, 0.15) is 34.1 Å². The molecule has 0 saturated carbocycles. The van der Waals surface area contributed by atoms with Crippen LogP contribution in [0.4, 0.5) is 0 Å². The maximum absolute atomic E-state index is 5.52. The summed E-state index contributed by atoms with van der Waals surface area (Å²) >= 11 is 4.27. The van der Waals surface area contributed by atoms with Crippen LogP contribution in [0.3, 0.4) is 0 Å². The molecule has 0 aromatic heterocycles. The van der Waals surface area contributed by atoms with Crippen molar-refractivity contribution in [2.45, 2.75) is 44.6 Å². The average molecular weight is 192 g/mol. The van der Waals surface area contributed by atoms with Crippen LogP contribution in [0, 0.1) is 0 Å². The van der Waals surface area contributed by atoms with Gasteiger partial charge in [-0.05, 0) is 27.2 Å². The number of methoxy groups -OCH3 is 1.